The number of hydrogen-bond acceptors (Lipinski definition) is 5. The molecule has 1 rings (SSSR count). The van der Waals surface area contributed by atoms with Crippen molar-refractivity contribution in [3.05, 3.63) is 23.8 Å². The van der Waals surface area contributed by atoms with Gasteiger partial charge in [-0.15, -0.1) is 0 Å². The van der Waals surface area contributed by atoms with Gasteiger partial charge in [-0.2, -0.15) is 0 Å². The standard InChI is InChI=1S/C11H18N2O3/c1-8-2-3-9(4-10(8)12)13-11(5-14,6-15)7-16/h2-4,13-16H,5-7,12H2,1H3. The molecule has 0 saturated carbocycles. The lowest BCUT2D eigenvalue weighted by Gasteiger charge is -2.30. The third-order valence-electron chi connectivity index (χ3n) is 2.60. The molecule has 90 valence electrons. The largest absolute Gasteiger partial charge is 0.398 e. The Morgan fingerprint density at radius 3 is 2.19 bits per heavy atom. The lowest BCUT2D eigenvalue weighted by atomic mass is 10.0. The minimum Gasteiger partial charge on any atom is -0.398 e. The third kappa shape index (κ3) is 2.63. The van der Waals surface area contributed by atoms with Gasteiger partial charge < -0.3 is 26.4 Å². The van der Waals surface area contributed by atoms with E-state index in [0.717, 1.165) is 5.56 Å². The summed E-state index contributed by atoms with van der Waals surface area (Å²) < 4.78 is 0. The number of aliphatic hydroxyl groups is 3. The van der Waals surface area contributed by atoms with Crippen molar-refractivity contribution in [3.8, 4) is 0 Å². The van der Waals surface area contributed by atoms with E-state index in [0.29, 0.717) is 11.4 Å². The molecule has 0 amide bonds. The van der Waals surface area contributed by atoms with E-state index in [1.165, 1.54) is 0 Å². The van der Waals surface area contributed by atoms with E-state index in [4.69, 9.17) is 21.1 Å². The van der Waals surface area contributed by atoms with Gasteiger partial charge in [0.15, 0.2) is 0 Å². The SMILES string of the molecule is Cc1ccc(NC(CO)(CO)CO)cc1N. The number of hydrogen-bond donors (Lipinski definition) is 5. The first-order valence-electron chi connectivity index (χ1n) is 5.04. The van der Waals surface area contributed by atoms with Crippen LogP contribution in [0.4, 0.5) is 11.4 Å². The van der Waals surface area contributed by atoms with Gasteiger partial charge in [-0.05, 0) is 24.6 Å². The molecule has 5 nitrogen and oxygen atoms in total. The number of nitrogens with one attached hydrogen (secondary N) is 1. The molecule has 0 spiro atoms. The fourth-order valence-corrected chi connectivity index (χ4v) is 1.29. The molecule has 1 aromatic rings. The van der Waals surface area contributed by atoms with Crippen molar-refractivity contribution in [2.75, 3.05) is 30.9 Å². The molecular formula is C11H18N2O3. The van der Waals surface area contributed by atoms with Crippen LogP contribution in [0.25, 0.3) is 0 Å². The highest BCUT2D eigenvalue weighted by Crippen LogP contribution is 2.20. The quantitative estimate of drug-likeness (QED) is 0.444. The number of benzene rings is 1. The van der Waals surface area contributed by atoms with Crippen LogP contribution in [0.15, 0.2) is 18.2 Å². The molecule has 0 heterocycles. The topological polar surface area (TPSA) is 98.7 Å². The van der Waals surface area contributed by atoms with E-state index < -0.39 is 5.54 Å². The predicted octanol–water partition coefficient (Wildman–Crippen LogP) is -0.295. The molecule has 0 aliphatic carbocycles. The molecule has 0 atom stereocenters. The molecular weight excluding hydrogens is 208 g/mol. The summed E-state index contributed by atoms with van der Waals surface area (Å²) in [4.78, 5) is 0. The smallest absolute Gasteiger partial charge is 0.107 e. The summed E-state index contributed by atoms with van der Waals surface area (Å²) >= 11 is 0. The van der Waals surface area contributed by atoms with Crippen LogP contribution in [-0.4, -0.2) is 40.7 Å². The zero-order valence-electron chi connectivity index (χ0n) is 9.27. The van der Waals surface area contributed by atoms with Crippen molar-refractivity contribution in [1.82, 2.24) is 0 Å². The van der Waals surface area contributed by atoms with Crippen LogP contribution in [-0.2, 0) is 0 Å². The van der Waals surface area contributed by atoms with Gasteiger partial charge in [0.1, 0.15) is 5.54 Å². The molecule has 0 fully saturated rings. The number of nitrogen functional groups attached to an aromatic ring is 1. The van der Waals surface area contributed by atoms with E-state index in [-0.39, 0.29) is 19.8 Å². The van der Waals surface area contributed by atoms with Gasteiger partial charge in [0.2, 0.25) is 0 Å². The molecule has 0 radical (unpaired) electrons. The lowest BCUT2D eigenvalue weighted by molar-refractivity contribution is 0.0834. The van der Waals surface area contributed by atoms with E-state index in [1.54, 1.807) is 12.1 Å². The van der Waals surface area contributed by atoms with Gasteiger partial charge in [-0.1, -0.05) is 6.07 Å². The van der Waals surface area contributed by atoms with Gasteiger partial charge in [0.05, 0.1) is 19.8 Å². The maximum Gasteiger partial charge on any atom is 0.107 e. The molecule has 5 heteroatoms. The Bertz CT molecular complexity index is 343. The van der Waals surface area contributed by atoms with Crippen molar-refractivity contribution in [1.29, 1.82) is 0 Å². The van der Waals surface area contributed by atoms with Crippen molar-refractivity contribution in [3.63, 3.8) is 0 Å². The normalized spacial score (nSPS) is 11.5. The lowest BCUT2D eigenvalue weighted by Crippen LogP contribution is -2.49. The van der Waals surface area contributed by atoms with Crippen LogP contribution in [0.1, 0.15) is 5.56 Å². The number of aliphatic hydroxyl groups excluding tert-OH is 3. The highest BCUT2D eigenvalue weighted by molar-refractivity contribution is 5.59. The minimum absolute atomic E-state index is 0.367. The maximum atomic E-state index is 9.15. The Morgan fingerprint density at radius 1 is 1.19 bits per heavy atom. The molecule has 0 aromatic heterocycles. The molecule has 0 aliphatic heterocycles. The fraction of sp³-hybridized carbons (Fsp3) is 0.455. The summed E-state index contributed by atoms with van der Waals surface area (Å²) in [5, 5.41) is 30.3. The van der Waals surface area contributed by atoms with Gasteiger partial charge in [-0.3, -0.25) is 0 Å². The Balaban J connectivity index is 2.89. The number of rotatable bonds is 5. The molecule has 0 aliphatic rings. The van der Waals surface area contributed by atoms with Crippen molar-refractivity contribution < 1.29 is 15.3 Å². The first kappa shape index (κ1) is 12.8. The van der Waals surface area contributed by atoms with Gasteiger partial charge in [0, 0.05) is 11.4 Å². The van der Waals surface area contributed by atoms with Gasteiger partial charge in [-0.25, -0.2) is 0 Å². The molecule has 0 saturated heterocycles. The average molecular weight is 226 g/mol. The summed E-state index contributed by atoms with van der Waals surface area (Å²) in [7, 11) is 0. The van der Waals surface area contributed by atoms with Crippen molar-refractivity contribution in [2.24, 2.45) is 0 Å². The van der Waals surface area contributed by atoms with Crippen molar-refractivity contribution in [2.45, 2.75) is 12.5 Å². The highest BCUT2D eigenvalue weighted by Gasteiger charge is 2.27. The monoisotopic (exact) mass is 226 g/mol. The van der Waals surface area contributed by atoms with E-state index in [1.807, 2.05) is 13.0 Å². The number of anilines is 2. The average Bonchev–Trinajstić information content (AvgIpc) is 2.31. The molecule has 1 aromatic carbocycles. The molecule has 0 unspecified atom stereocenters. The fourth-order valence-electron chi connectivity index (χ4n) is 1.29. The van der Waals surface area contributed by atoms with E-state index in [9.17, 15) is 0 Å². The summed E-state index contributed by atoms with van der Waals surface area (Å²) in [6.45, 7) is 0.784. The van der Waals surface area contributed by atoms with E-state index >= 15 is 0 Å². The first-order valence-corrected chi connectivity index (χ1v) is 5.04. The van der Waals surface area contributed by atoms with Crippen LogP contribution >= 0.6 is 0 Å². The number of nitrogens with two attached hydrogens (primary N) is 1. The van der Waals surface area contributed by atoms with Crippen molar-refractivity contribution >= 4 is 11.4 Å². The van der Waals surface area contributed by atoms with Gasteiger partial charge in [0.25, 0.3) is 0 Å². The molecule has 16 heavy (non-hydrogen) atoms. The predicted molar refractivity (Wildman–Crippen MR) is 63.2 cm³/mol. The third-order valence-corrected chi connectivity index (χ3v) is 2.60. The Hall–Kier alpha value is -1.30. The van der Waals surface area contributed by atoms with Crippen LogP contribution in [0, 0.1) is 6.92 Å². The zero-order chi connectivity index (χ0) is 12.2. The van der Waals surface area contributed by atoms with Crippen LogP contribution in [0.5, 0.6) is 0 Å². The number of aryl methyl sites for hydroxylation is 1. The summed E-state index contributed by atoms with van der Waals surface area (Å²) in [5.41, 5.74) is 6.84. The zero-order valence-corrected chi connectivity index (χ0v) is 9.27. The second kappa shape index (κ2) is 5.16. The van der Waals surface area contributed by atoms with E-state index in [2.05, 4.69) is 5.32 Å². The minimum atomic E-state index is -1.12. The highest BCUT2D eigenvalue weighted by atomic mass is 16.3. The van der Waals surface area contributed by atoms with Gasteiger partial charge >= 0.3 is 0 Å². The second-order valence-corrected chi connectivity index (χ2v) is 3.95. The summed E-state index contributed by atoms with van der Waals surface area (Å²) in [6, 6.07) is 5.31. The molecule has 0 bridgehead atoms. The summed E-state index contributed by atoms with van der Waals surface area (Å²) in [6.07, 6.45) is 0. The van der Waals surface area contributed by atoms with Crippen LogP contribution in [0.2, 0.25) is 0 Å². The van der Waals surface area contributed by atoms with Crippen LogP contribution < -0.4 is 11.1 Å². The Morgan fingerprint density at radius 2 is 1.75 bits per heavy atom. The molecule has 6 N–H and O–H groups in total. The first-order chi connectivity index (χ1) is 7.56. The Kier molecular flexibility index (Phi) is 4.12. The second-order valence-electron chi connectivity index (χ2n) is 3.95. The summed E-state index contributed by atoms with van der Waals surface area (Å²) in [5.74, 6) is 0. The maximum absolute atomic E-state index is 9.15. The Labute approximate surface area is 94.5 Å². The van der Waals surface area contributed by atoms with Crippen LogP contribution in [0.3, 0.4) is 0 Å².